The Morgan fingerprint density at radius 1 is 1.12 bits per heavy atom. The number of aromatic nitrogens is 4. The summed E-state index contributed by atoms with van der Waals surface area (Å²) in [5, 5.41) is 12.4. The van der Waals surface area contributed by atoms with Crippen LogP contribution in [0.2, 0.25) is 5.15 Å². The molecule has 0 atom stereocenters. The zero-order valence-corrected chi connectivity index (χ0v) is 15.0. The number of nitrogens with one attached hydrogen (secondary N) is 1. The lowest BCUT2D eigenvalue weighted by molar-refractivity contribution is 0.0642. The van der Waals surface area contributed by atoms with Crippen molar-refractivity contribution in [2.24, 2.45) is 0 Å². The van der Waals surface area contributed by atoms with Crippen molar-refractivity contribution in [3.8, 4) is 0 Å². The summed E-state index contributed by atoms with van der Waals surface area (Å²) in [4.78, 5) is 34.2. The number of carbonyl (C=O) groups is 2. The fraction of sp³-hybridized carbons (Fsp3) is 0.125. The highest BCUT2D eigenvalue weighted by molar-refractivity contribution is 7.15. The number of fused-ring (bicyclic) bond motifs is 1. The Bertz CT molecular complexity index is 982. The van der Waals surface area contributed by atoms with E-state index >= 15 is 0 Å². The molecule has 10 heteroatoms. The van der Waals surface area contributed by atoms with Gasteiger partial charge in [-0.1, -0.05) is 35.1 Å². The Labute approximate surface area is 156 Å². The van der Waals surface area contributed by atoms with Crippen molar-refractivity contribution < 1.29 is 9.59 Å². The number of nitrogens with zero attached hydrogens (tertiary/aromatic N) is 5. The largest absolute Gasteiger partial charge is 0.315 e. The van der Waals surface area contributed by atoms with Crippen molar-refractivity contribution in [3.05, 3.63) is 57.4 Å². The smallest absolute Gasteiger partial charge is 0.261 e. The average molecular weight is 387 g/mol. The Morgan fingerprint density at radius 2 is 1.81 bits per heavy atom. The van der Waals surface area contributed by atoms with Crippen molar-refractivity contribution in [1.29, 1.82) is 0 Å². The van der Waals surface area contributed by atoms with E-state index in [9.17, 15) is 9.59 Å². The van der Waals surface area contributed by atoms with E-state index in [1.807, 2.05) is 0 Å². The molecule has 1 N–H and O–H groups in total. The molecule has 1 aromatic carbocycles. The predicted octanol–water partition coefficient (Wildman–Crippen LogP) is 2.83. The molecule has 3 heterocycles. The van der Waals surface area contributed by atoms with Gasteiger partial charge in [0, 0.05) is 6.07 Å². The minimum Gasteiger partial charge on any atom is -0.315 e. The first-order chi connectivity index (χ1) is 12.5. The van der Waals surface area contributed by atoms with Crippen molar-refractivity contribution in [2.75, 3.05) is 5.32 Å². The van der Waals surface area contributed by atoms with E-state index in [1.165, 1.54) is 16.2 Å². The standard InChI is InChI=1S/C16H11ClN6O2S/c1-8-18-11(17)6-12(19-8)20-16-22-21-13(26-16)7-23-14(24)9-4-2-3-5-10(9)15(23)25/h2-6H,7H2,1H3,(H,18,19,20,22). The van der Waals surface area contributed by atoms with Crippen LogP contribution in [0.15, 0.2) is 30.3 Å². The van der Waals surface area contributed by atoms with Crippen LogP contribution in [0.5, 0.6) is 0 Å². The molecule has 3 aromatic rings. The summed E-state index contributed by atoms with van der Waals surface area (Å²) in [6, 6.07) is 8.32. The molecule has 0 bridgehead atoms. The quantitative estimate of drug-likeness (QED) is 0.543. The molecule has 0 fully saturated rings. The molecule has 1 aliphatic rings. The third-order valence-electron chi connectivity index (χ3n) is 3.68. The first-order valence-electron chi connectivity index (χ1n) is 7.57. The molecular formula is C16H11ClN6O2S. The Kier molecular flexibility index (Phi) is 4.09. The second-order valence-electron chi connectivity index (χ2n) is 5.49. The molecule has 2 amide bonds. The summed E-state index contributed by atoms with van der Waals surface area (Å²) in [5.41, 5.74) is 0.818. The van der Waals surface area contributed by atoms with E-state index in [0.717, 1.165) is 0 Å². The minimum absolute atomic E-state index is 0.0647. The van der Waals surface area contributed by atoms with E-state index in [4.69, 9.17) is 11.6 Å². The van der Waals surface area contributed by atoms with Crippen LogP contribution < -0.4 is 5.32 Å². The maximum Gasteiger partial charge on any atom is 0.261 e. The highest BCUT2D eigenvalue weighted by atomic mass is 35.5. The summed E-state index contributed by atoms with van der Waals surface area (Å²) in [5.74, 6) is 0.365. The van der Waals surface area contributed by atoms with E-state index < -0.39 is 0 Å². The fourth-order valence-electron chi connectivity index (χ4n) is 2.59. The van der Waals surface area contributed by atoms with Gasteiger partial charge in [0.15, 0.2) is 0 Å². The third-order valence-corrected chi connectivity index (χ3v) is 4.70. The molecule has 26 heavy (non-hydrogen) atoms. The van der Waals surface area contributed by atoms with Crippen LogP contribution in [0, 0.1) is 6.92 Å². The number of carbonyl (C=O) groups excluding carboxylic acids is 2. The maximum atomic E-state index is 12.4. The van der Waals surface area contributed by atoms with Gasteiger partial charge in [0.2, 0.25) is 5.13 Å². The number of imide groups is 1. The van der Waals surface area contributed by atoms with Gasteiger partial charge in [-0.2, -0.15) is 0 Å². The molecule has 0 saturated carbocycles. The summed E-state index contributed by atoms with van der Waals surface area (Å²) in [6.07, 6.45) is 0. The number of hydrogen-bond acceptors (Lipinski definition) is 8. The lowest BCUT2D eigenvalue weighted by Crippen LogP contribution is -2.29. The van der Waals surface area contributed by atoms with Gasteiger partial charge in [-0.05, 0) is 19.1 Å². The van der Waals surface area contributed by atoms with Crippen LogP contribution in [0.4, 0.5) is 10.9 Å². The molecule has 0 unspecified atom stereocenters. The second kappa shape index (κ2) is 6.43. The maximum absolute atomic E-state index is 12.4. The normalized spacial score (nSPS) is 13.2. The highest BCUT2D eigenvalue weighted by Gasteiger charge is 2.35. The van der Waals surface area contributed by atoms with Gasteiger partial charge in [-0.25, -0.2) is 9.97 Å². The van der Waals surface area contributed by atoms with Gasteiger partial charge in [-0.3, -0.25) is 14.5 Å². The van der Waals surface area contributed by atoms with Crippen LogP contribution in [-0.4, -0.2) is 36.9 Å². The number of aryl methyl sites for hydroxylation is 1. The zero-order chi connectivity index (χ0) is 18.3. The summed E-state index contributed by atoms with van der Waals surface area (Å²) in [7, 11) is 0. The van der Waals surface area contributed by atoms with Gasteiger partial charge >= 0.3 is 0 Å². The Hall–Kier alpha value is -2.91. The zero-order valence-electron chi connectivity index (χ0n) is 13.4. The van der Waals surface area contributed by atoms with Gasteiger partial charge in [0.25, 0.3) is 11.8 Å². The van der Waals surface area contributed by atoms with Gasteiger partial charge in [0.1, 0.15) is 21.8 Å². The molecule has 1 aliphatic heterocycles. The first-order valence-corrected chi connectivity index (χ1v) is 8.76. The first kappa shape index (κ1) is 16.6. The number of benzene rings is 1. The highest BCUT2D eigenvalue weighted by Crippen LogP contribution is 2.27. The van der Waals surface area contributed by atoms with Gasteiger partial charge < -0.3 is 5.32 Å². The van der Waals surface area contributed by atoms with Crippen LogP contribution in [0.3, 0.4) is 0 Å². The third kappa shape index (κ3) is 3.02. The molecule has 0 saturated heterocycles. The van der Waals surface area contributed by atoms with Crippen molar-refractivity contribution >= 4 is 45.7 Å². The lowest BCUT2D eigenvalue weighted by Gasteiger charge is -2.10. The second-order valence-corrected chi connectivity index (χ2v) is 6.94. The molecule has 0 spiro atoms. The van der Waals surface area contributed by atoms with E-state index in [0.29, 0.717) is 38.1 Å². The van der Waals surface area contributed by atoms with Crippen LogP contribution >= 0.6 is 22.9 Å². The number of rotatable bonds is 4. The number of anilines is 2. The minimum atomic E-state index is -0.325. The van der Waals surface area contributed by atoms with Gasteiger partial charge in [0.05, 0.1) is 17.7 Å². The Morgan fingerprint density at radius 3 is 2.46 bits per heavy atom. The van der Waals surface area contributed by atoms with Crippen molar-refractivity contribution in [2.45, 2.75) is 13.5 Å². The molecular weight excluding hydrogens is 376 g/mol. The van der Waals surface area contributed by atoms with Crippen LogP contribution in [0.1, 0.15) is 31.5 Å². The average Bonchev–Trinajstić information content (AvgIpc) is 3.13. The number of amides is 2. The van der Waals surface area contributed by atoms with Crippen molar-refractivity contribution in [1.82, 2.24) is 25.1 Å². The van der Waals surface area contributed by atoms with E-state index in [1.54, 1.807) is 37.3 Å². The molecule has 4 rings (SSSR count). The van der Waals surface area contributed by atoms with E-state index in [-0.39, 0.29) is 18.4 Å². The Balaban J connectivity index is 1.51. The number of hydrogen-bond donors (Lipinski definition) is 1. The number of halogens is 1. The molecule has 8 nitrogen and oxygen atoms in total. The summed E-state index contributed by atoms with van der Waals surface area (Å²) in [6.45, 7) is 1.79. The van der Waals surface area contributed by atoms with Crippen molar-refractivity contribution in [3.63, 3.8) is 0 Å². The molecule has 0 radical (unpaired) electrons. The summed E-state index contributed by atoms with van der Waals surface area (Å²) >= 11 is 7.13. The monoisotopic (exact) mass is 386 g/mol. The molecule has 2 aromatic heterocycles. The van der Waals surface area contributed by atoms with Gasteiger partial charge in [-0.15, -0.1) is 10.2 Å². The predicted molar refractivity (Wildman–Crippen MR) is 95.6 cm³/mol. The molecule has 0 aliphatic carbocycles. The van der Waals surface area contributed by atoms with Crippen LogP contribution in [0.25, 0.3) is 0 Å². The SMILES string of the molecule is Cc1nc(Cl)cc(Nc2nnc(CN3C(=O)c4ccccc4C3=O)s2)n1. The fourth-order valence-corrected chi connectivity index (χ4v) is 3.55. The lowest BCUT2D eigenvalue weighted by atomic mass is 10.1. The summed E-state index contributed by atoms with van der Waals surface area (Å²) < 4.78 is 0. The topological polar surface area (TPSA) is 101 Å². The van der Waals surface area contributed by atoms with E-state index in [2.05, 4.69) is 25.5 Å². The van der Waals surface area contributed by atoms with Crippen LogP contribution in [-0.2, 0) is 6.54 Å². The molecule has 130 valence electrons.